The number of thiocyanates is 1. The summed E-state index contributed by atoms with van der Waals surface area (Å²) in [6, 6.07) is 17.8. The molecule has 0 bridgehead atoms. The Balaban J connectivity index is 2.39. The fourth-order valence-corrected chi connectivity index (χ4v) is 2.65. The van der Waals surface area contributed by atoms with Crippen LogP contribution in [0.15, 0.2) is 60.0 Å². The summed E-state index contributed by atoms with van der Waals surface area (Å²) < 4.78 is 0. The lowest BCUT2D eigenvalue weighted by Gasteiger charge is -2.24. The van der Waals surface area contributed by atoms with Crippen molar-refractivity contribution in [2.24, 2.45) is 0 Å². The van der Waals surface area contributed by atoms with Gasteiger partial charge in [-0.1, -0.05) is 60.2 Å². The Bertz CT molecular complexity index is 730. The second-order valence-corrected chi connectivity index (χ2v) is 5.82. The largest absolute Gasteiger partial charge is 0.307 e. The third-order valence-corrected chi connectivity index (χ3v) is 3.87. The maximum Gasteiger partial charge on any atom is 0.224 e. The van der Waals surface area contributed by atoms with E-state index in [1.54, 1.807) is 17.2 Å². The van der Waals surface area contributed by atoms with Gasteiger partial charge in [0.05, 0.1) is 12.2 Å². The van der Waals surface area contributed by atoms with Gasteiger partial charge in [-0.05, 0) is 29.8 Å². The standard InChI is InChI=1S/C19H18N2OS/c1-15-8-10-18(11-9-15)19(13-23-14-20)21(16(2)22)12-17-6-4-3-5-7-17/h3-11,13H,12H2,1-2H3/b19-13+. The van der Waals surface area contributed by atoms with Crippen LogP contribution in [0.3, 0.4) is 0 Å². The maximum absolute atomic E-state index is 12.2. The summed E-state index contributed by atoms with van der Waals surface area (Å²) in [7, 11) is 0. The van der Waals surface area contributed by atoms with E-state index in [0.717, 1.165) is 34.1 Å². The Morgan fingerprint density at radius 3 is 2.39 bits per heavy atom. The highest BCUT2D eigenvalue weighted by molar-refractivity contribution is 8.06. The molecule has 2 aromatic rings. The molecular weight excluding hydrogens is 304 g/mol. The van der Waals surface area contributed by atoms with Crippen LogP contribution in [0.4, 0.5) is 0 Å². The SMILES string of the molecule is CC(=O)N(Cc1ccccc1)/C(=C/SC#N)c1ccc(C)cc1. The molecule has 2 aromatic carbocycles. The lowest BCUT2D eigenvalue weighted by Crippen LogP contribution is -2.26. The number of carbonyl (C=O) groups is 1. The smallest absolute Gasteiger partial charge is 0.224 e. The highest BCUT2D eigenvalue weighted by Gasteiger charge is 2.16. The Morgan fingerprint density at radius 2 is 1.83 bits per heavy atom. The van der Waals surface area contributed by atoms with Crippen LogP contribution in [0, 0.1) is 17.6 Å². The molecule has 4 heteroatoms. The van der Waals surface area contributed by atoms with Gasteiger partial charge in [0.1, 0.15) is 5.40 Å². The molecule has 1 amide bonds. The van der Waals surface area contributed by atoms with Crippen LogP contribution in [0.25, 0.3) is 5.70 Å². The van der Waals surface area contributed by atoms with Crippen molar-refractivity contribution >= 4 is 23.4 Å². The molecule has 116 valence electrons. The number of aryl methyl sites for hydroxylation is 1. The molecule has 0 aliphatic rings. The first-order valence-corrected chi connectivity index (χ1v) is 8.13. The summed E-state index contributed by atoms with van der Waals surface area (Å²) in [5, 5.41) is 12.7. The predicted octanol–water partition coefficient (Wildman–Crippen LogP) is 4.56. The number of amides is 1. The summed E-state index contributed by atoms with van der Waals surface area (Å²) in [6.07, 6.45) is 0. The molecule has 0 spiro atoms. The summed E-state index contributed by atoms with van der Waals surface area (Å²) in [5.74, 6) is -0.0563. The Hall–Kier alpha value is -2.51. The fraction of sp³-hybridized carbons (Fsp3) is 0.158. The van der Waals surface area contributed by atoms with Crippen molar-refractivity contribution in [2.75, 3.05) is 0 Å². The zero-order chi connectivity index (χ0) is 16.7. The molecule has 23 heavy (non-hydrogen) atoms. The average molecular weight is 322 g/mol. The minimum Gasteiger partial charge on any atom is -0.307 e. The van der Waals surface area contributed by atoms with Crippen LogP contribution in [-0.2, 0) is 11.3 Å². The van der Waals surface area contributed by atoms with E-state index in [-0.39, 0.29) is 5.91 Å². The molecule has 0 aliphatic heterocycles. The number of carbonyl (C=O) groups excluding carboxylic acids is 1. The van der Waals surface area contributed by atoms with E-state index in [9.17, 15) is 4.79 Å². The Labute approximate surface area is 141 Å². The van der Waals surface area contributed by atoms with Crippen LogP contribution >= 0.6 is 11.8 Å². The van der Waals surface area contributed by atoms with Gasteiger partial charge < -0.3 is 4.90 Å². The molecule has 0 N–H and O–H groups in total. The van der Waals surface area contributed by atoms with E-state index in [2.05, 4.69) is 0 Å². The minimum absolute atomic E-state index is 0.0563. The second-order valence-electron chi connectivity index (χ2n) is 5.17. The van der Waals surface area contributed by atoms with Gasteiger partial charge >= 0.3 is 0 Å². The van der Waals surface area contributed by atoms with Gasteiger partial charge in [0.15, 0.2) is 0 Å². The van der Waals surface area contributed by atoms with Crippen molar-refractivity contribution in [1.29, 1.82) is 5.26 Å². The molecule has 0 aliphatic carbocycles. The molecule has 0 unspecified atom stereocenters. The van der Waals surface area contributed by atoms with E-state index in [4.69, 9.17) is 5.26 Å². The molecule has 0 fully saturated rings. The lowest BCUT2D eigenvalue weighted by molar-refractivity contribution is -0.126. The van der Waals surface area contributed by atoms with Gasteiger partial charge in [0.2, 0.25) is 5.91 Å². The van der Waals surface area contributed by atoms with Crippen molar-refractivity contribution in [3.63, 3.8) is 0 Å². The first-order valence-electron chi connectivity index (χ1n) is 7.26. The number of nitriles is 1. The predicted molar refractivity (Wildman–Crippen MR) is 95.0 cm³/mol. The van der Waals surface area contributed by atoms with E-state index in [0.29, 0.717) is 6.54 Å². The summed E-state index contributed by atoms with van der Waals surface area (Å²) in [6.45, 7) is 4.04. The van der Waals surface area contributed by atoms with E-state index in [1.165, 1.54) is 0 Å². The first kappa shape index (κ1) is 16.9. The van der Waals surface area contributed by atoms with E-state index < -0.39 is 0 Å². The van der Waals surface area contributed by atoms with Gasteiger partial charge in [0, 0.05) is 12.3 Å². The molecule has 0 saturated heterocycles. The van der Waals surface area contributed by atoms with Crippen LogP contribution in [0.1, 0.15) is 23.6 Å². The van der Waals surface area contributed by atoms with Crippen LogP contribution < -0.4 is 0 Å². The normalized spacial score (nSPS) is 10.9. The summed E-state index contributed by atoms with van der Waals surface area (Å²) >= 11 is 1.02. The highest BCUT2D eigenvalue weighted by atomic mass is 32.2. The van der Waals surface area contributed by atoms with Crippen molar-refractivity contribution in [3.8, 4) is 5.40 Å². The quantitative estimate of drug-likeness (QED) is 0.758. The molecule has 0 radical (unpaired) electrons. The van der Waals surface area contributed by atoms with Gasteiger partial charge in [-0.2, -0.15) is 5.26 Å². The zero-order valence-corrected chi connectivity index (χ0v) is 14.0. The molecule has 0 aromatic heterocycles. The summed E-state index contributed by atoms with van der Waals surface area (Å²) in [5.41, 5.74) is 3.86. The van der Waals surface area contributed by atoms with Crippen LogP contribution in [0.5, 0.6) is 0 Å². The number of hydrogen-bond donors (Lipinski definition) is 0. The lowest BCUT2D eigenvalue weighted by atomic mass is 10.1. The van der Waals surface area contributed by atoms with Crippen molar-refractivity contribution in [2.45, 2.75) is 20.4 Å². The van der Waals surface area contributed by atoms with E-state index in [1.807, 2.05) is 66.9 Å². The van der Waals surface area contributed by atoms with Gasteiger partial charge in [-0.25, -0.2) is 0 Å². The minimum atomic E-state index is -0.0563. The van der Waals surface area contributed by atoms with Gasteiger partial charge in [0.25, 0.3) is 0 Å². The topological polar surface area (TPSA) is 44.1 Å². The Kier molecular flexibility index (Phi) is 6.02. The zero-order valence-electron chi connectivity index (χ0n) is 13.2. The average Bonchev–Trinajstić information content (AvgIpc) is 2.56. The molecule has 0 atom stereocenters. The van der Waals surface area contributed by atoms with Crippen molar-refractivity contribution in [1.82, 2.24) is 4.90 Å². The molecule has 0 heterocycles. The second kappa shape index (κ2) is 8.21. The number of benzene rings is 2. The highest BCUT2D eigenvalue weighted by Crippen LogP contribution is 2.25. The molecular formula is C19H18N2OS. The van der Waals surface area contributed by atoms with Crippen LogP contribution in [-0.4, -0.2) is 10.8 Å². The molecule has 3 nitrogen and oxygen atoms in total. The van der Waals surface area contributed by atoms with Gasteiger partial charge in [-0.15, -0.1) is 0 Å². The number of rotatable bonds is 5. The first-order chi connectivity index (χ1) is 11.1. The maximum atomic E-state index is 12.2. The van der Waals surface area contributed by atoms with Crippen LogP contribution in [0.2, 0.25) is 0 Å². The fourth-order valence-electron chi connectivity index (χ4n) is 2.23. The number of hydrogen-bond acceptors (Lipinski definition) is 3. The molecule has 2 rings (SSSR count). The van der Waals surface area contributed by atoms with Gasteiger partial charge in [-0.3, -0.25) is 4.79 Å². The number of nitrogens with zero attached hydrogens (tertiary/aromatic N) is 2. The number of thioether (sulfide) groups is 1. The third kappa shape index (κ3) is 4.73. The van der Waals surface area contributed by atoms with Crippen molar-refractivity contribution < 1.29 is 4.79 Å². The Morgan fingerprint density at radius 1 is 1.17 bits per heavy atom. The monoisotopic (exact) mass is 322 g/mol. The third-order valence-electron chi connectivity index (χ3n) is 3.43. The summed E-state index contributed by atoms with van der Waals surface area (Å²) in [4.78, 5) is 13.9. The van der Waals surface area contributed by atoms with E-state index >= 15 is 0 Å². The molecule has 0 saturated carbocycles. The van der Waals surface area contributed by atoms with Crippen molar-refractivity contribution in [3.05, 3.63) is 76.7 Å².